The molecule has 0 aliphatic heterocycles. The second-order valence-electron chi connectivity index (χ2n) is 10.1. The molecule has 8 heteroatoms. The standard InChI is InChI=1S/C30H39N7O/c1-7-21-17-32-30(33-26-16-25(31)28(15-20(26)3)36(6)14-13-35(4)5)34-29(21)24-19-37(18-22(38)8-2)27-12-10-9-11-23(24)27/h9-12,15-17,19H,7-8,13-14,18,31H2,1-6H3,(H,32,33,34). The number of Topliss-reactive ketones (excluding diaryl/α,β-unsaturated/α-hetero) is 1. The Kier molecular flexibility index (Phi) is 8.32. The van der Waals surface area contributed by atoms with Crippen LogP contribution in [0.4, 0.5) is 23.0 Å². The van der Waals surface area contributed by atoms with Crippen LogP contribution in [-0.4, -0.2) is 59.5 Å². The van der Waals surface area contributed by atoms with E-state index in [9.17, 15) is 4.79 Å². The number of carbonyl (C=O) groups excluding carboxylic acids is 1. The zero-order valence-corrected chi connectivity index (χ0v) is 23.4. The Hall–Kier alpha value is -3.91. The molecule has 0 aliphatic rings. The maximum absolute atomic E-state index is 12.3. The fourth-order valence-corrected chi connectivity index (χ4v) is 4.59. The highest BCUT2D eigenvalue weighted by molar-refractivity contribution is 5.97. The molecule has 0 radical (unpaired) electrons. The van der Waals surface area contributed by atoms with Crippen molar-refractivity contribution < 1.29 is 4.79 Å². The van der Waals surface area contributed by atoms with Gasteiger partial charge in [0.2, 0.25) is 5.95 Å². The summed E-state index contributed by atoms with van der Waals surface area (Å²) in [5.74, 6) is 0.705. The van der Waals surface area contributed by atoms with E-state index in [0.29, 0.717) is 24.6 Å². The van der Waals surface area contributed by atoms with Gasteiger partial charge in [-0.05, 0) is 56.8 Å². The van der Waals surface area contributed by atoms with Crippen molar-refractivity contribution in [3.8, 4) is 11.3 Å². The van der Waals surface area contributed by atoms with Crippen LogP contribution < -0.4 is 16.0 Å². The molecular formula is C30H39N7O. The topological polar surface area (TPSA) is 92.3 Å². The summed E-state index contributed by atoms with van der Waals surface area (Å²) in [5, 5.41) is 4.47. The van der Waals surface area contributed by atoms with Gasteiger partial charge in [0.25, 0.3) is 0 Å². The average Bonchev–Trinajstić information content (AvgIpc) is 3.27. The van der Waals surface area contributed by atoms with E-state index in [1.165, 1.54) is 0 Å². The van der Waals surface area contributed by atoms with Crippen LogP contribution in [0.1, 0.15) is 31.4 Å². The summed E-state index contributed by atoms with van der Waals surface area (Å²) in [4.78, 5) is 26.2. The molecule has 2 heterocycles. The van der Waals surface area contributed by atoms with Crippen molar-refractivity contribution in [3.05, 3.63) is 59.9 Å². The third-order valence-electron chi connectivity index (χ3n) is 6.94. The summed E-state index contributed by atoms with van der Waals surface area (Å²) < 4.78 is 2.03. The number of benzene rings is 2. The third-order valence-corrected chi connectivity index (χ3v) is 6.94. The number of para-hydroxylation sites is 1. The van der Waals surface area contributed by atoms with E-state index < -0.39 is 0 Å². The van der Waals surface area contributed by atoms with Gasteiger partial charge in [-0.3, -0.25) is 4.79 Å². The van der Waals surface area contributed by atoms with Crippen LogP contribution in [0.5, 0.6) is 0 Å². The molecule has 200 valence electrons. The van der Waals surface area contributed by atoms with Gasteiger partial charge in [0, 0.05) is 61.1 Å². The molecule has 0 unspecified atom stereocenters. The number of anilines is 4. The lowest BCUT2D eigenvalue weighted by atomic mass is 10.0. The number of aryl methyl sites for hydroxylation is 2. The number of fused-ring (bicyclic) bond motifs is 1. The van der Waals surface area contributed by atoms with E-state index in [2.05, 4.69) is 73.3 Å². The van der Waals surface area contributed by atoms with Gasteiger partial charge in [-0.15, -0.1) is 0 Å². The van der Waals surface area contributed by atoms with Gasteiger partial charge >= 0.3 is 0 Å². The summed E-state index contributed by atoms with van der Waals surface area (Å²) in [6.45, 7) is 8.23. The number of hydrogen-bond donors (Lipinski definition) is 2. The number of aromatic nitrogens is 3. The molecule has 0 spiro atoms. The third kappa shape index (κ3) is 5.81. The molecule has 4 aromatic rings. The lowest BCUT2D eigenvalue weighted by Crippen LogP contribution is -2.29. The number of nitrogens with one attached hydrogen (secondary N) is 1. The monoisotopic (exact) mass is 513 g/mol. The van der Waals surface area contributed by atoms with Crippen LogP contribution in [0.2, 0.25) is 0 Å². The molecule has 0 atom stereocenters. The largest absolute Gasteiger partial charge is 0.397 e. The van der Waals surface area contributed by atoms with Crippen molar-refractivity contribution in [1.82, 2.24) is 19.4 Å². The second-order valence-corrected chi connectivity index (χ2v) is 10.1. The Bertz CT molecular complexity index is 1440. The highest BCUT2D eigenvalue weighted by atomic mass is 16.1. The first kappa shape index (κ1) is 27.1. The Balaban J connectivity index is 1.69. The maximum Gasteiger partial charge on any atom is 0.227 e. The van der Waals surface area contributed by atoms with Crippen LogP contribution in [0.15, 0.2) is 48.8 Å². The van der Waals surface area contributed by atoms with Crippen molar-refractivity contribution >= 4 is 39.7 Å². The zero-order valence-electron chi connectivity index (χ0n) is 23.4. The number of nitrogens with zero attached hydrogens (tertiary/aromatic N) is 5. The van der Waals surface area contributed by atoms with Crippen LogP contribution in [0.25, 0.3) is 22.2 Å². The summed E-state index contributed by atoms with van der Waals surface area (Å²) in [6.07, 6.45) is 5.24. The first-order chi connectivity index (χ1) is 18.2. The Morgan fingerprint density at radius 1 is 1.11 bits per heavy atom. The van der Waals surface area contributed by atoms with Gasteiger partial charge in [-0.2, -0.15) is 0 Å². The lowest BCUT2D eigenvalue weighted by molar-refractivity contribution is -0.119. The van der Waals surface area contributed by atoms with Crippen LogP contribution in [0, 0.1) is 6.92 Å². The van der Waals surface area contributed by atoms with Gasteiger partial charge < -0.3 is 25.4 Å². The van der Waals surface area contributed by atoms with Gasteiger partial charge in [0.15, 0.2) is 5.78 Å². The Morgan fingerprint density at radius 2 is 1.87 bits per heavy atom. The number of likely N-dealkylation sites (N-methyl/N-ethyl adjacent to an activating group) is 2. The molecule has 0 fully saturated rings. The smallest absolute Gasteiger partial charge is 0.227 e. The fraction of sp³-hybridized carbons (Fsp3) is 0.367. The van der Waals surface area contributed by atoms with Gasteiger partial charge in [-0.1, -0.05) is 32.0 Å². The molecule has 4 rings (SSSR count). The van der Waals surface area contributed by atoms with Crippen LogP contribution >= 0.6 is 0 Å². The first-order valence-corrected chi connectivity index (χ1v) is 13.2. The Labute approximate surface area is 225 Å². The van der Waals surface area contributed by atoms with Gasteiger partial charge in [0.1, 0.15) is 0 Å². The predicted octanol–water partition coefficient (Wildman–Crippen LogP) is 5.27. The number of nitrogens with two attached hydrogens (primary N) is 1. The van der Waals surface area contributed by atoms with Crippen molar-refractivity contribution in [1.29, 1.82) is 0 Å². The molecule has 3 N–H and O–H groups in total. The number of rotatable bonds is 11. The lowest BCUT2D eigenvalue weighted by Gasteiger charge is -2.24. The quantitative estimate of drug-likeness (QED) is 0.264. The SMILES string of the molecule is CCC(=O)Cn1cc(-c2nc(Nc3cc(N)c(N(C)CCN(C)C)cc3C)ncc2CC)c2ccccc21. The minimum atomic E-state index is 0.196. The summed E-state index contributed by atoms with van der Waals surface area (Å²) in [6, 6.07) is 12.2. The van der Waals surface area contributed by atoms with E-state index >= 15 is 0 Å². The number of nitrogen functional groups attached to an aromatic ring is 1. The molecular weight excluding hydrogens is 474 g/mol. The number of hydrogen-bond acceptors (Lipinski definition) is 7. The molecule has 0 bridgehead atoms. The molecule has 2 aromatic heterocycles. The second kappa shape index (κ2) is 11.6. The molecule has 38 heavy (non-hydrogen) atoms. The minimum Gasteiger partial charge on any atom is -0.397 e. The van der Waals surface area contributed by atoms with E-state index in [1.54, 1.807) is 0 Å². The van der Waals surface area contributed by atoms with E-state index in [0.717, 1.165) is 64.2 Å². The van der Waals surface area contributed by atoms with Crippen molar-refractivity contribution in [2.75, 3.05) is 50.2 Å². The highest BCUT2D eigenvalue weighted by Gasteiger charge is 2.17. The minimum absolute atomic E-state index is 0.196. The number of carbonyl (C=O) groups is 1. The van der Waals surface area contributed by atoms with E-state index in [-0.39, 0.29) is 5.78 Å². The van der Waals surface area contributed by atoms with Gasteiger partial charge in [-0.25, -0.2) is 9.97 Å². The summed E-state index contributed by atoms with van der Waals surface area (Å²) >= 11 is 0. The summed E-state index contributed by atoms with van der Waals surface area (Å²) in [5.41, 5.74) is 14.1. The Morgan fingerprint density at radius 3 is 2.58 bits per heavy atom. The molecule has 0 saturated carbocycles. The van der Waals surface area contributed by atoms with Crippen molar-refractivity contribution in [2.24, 2.45) is 0 Å². The fourth-order valence-electron chi connectivity index (χ4n) is 4.59. The first-order valence-electron chi connectivity index (χ1n) is 13.2. The molecule has 8 nitrogen and oxygen atoms in total. The van der Waals surface area contributed by atoms with Crippen molar-refractivity contribution in [3.63, 3.8) is 0 Å². The molecule has 0 aliphatic carbocycles. The van der Waals surface area contributed by atoms with Crippen LogP contribution in [0.3, 0.4) is 0 Å². The van der Waals surface area contributed by atoms with Crippen molar-refractivity contribution in [2.45, 2.75) is 40.2 Å². The maximum atomic E-state index is 12.3. The van der Waals surface area contributed by atoms with Gasteiger partial charge in [0.05, 0.1) is 23.6 Å². The van der Waals surface area contributed by atoms with E-state index in [1.807, 2.05) is 42.1 Å². The summed E-state index contributed by atoms with van der Waals surface area (Å²) in [7, 11) is 6.19. The van der Waals surface area contributed by atoms with Crippen LogP contribution in [-0.2, 0) is 17.8 Å². The zero-order chi connectivity index (χ0) is 27.4. The molecule has 2 aromatic carbocycles. The highest BCUT2D eigenvalue weighted by Crippen LogP contribution is 2.34. The predicted molar refractivity (Wildman–Crippen MR) is 158 cm³/mol. The normalized spacial score (nSPS) is 11.3. The molecule has 0 saturated heterocycles. The molecule has 0 amide bonds. The average molecular weight is 514 g/mol. The number of ketones is 1. The van der Waals surface area contributed by atoms with E-state index in [4.69, 9.17) is 10.7 Å².